The summed E-state index contributed by atoms with van der Waals surface area (Å²) in [7, 11) is 1.62. The summed E-state index contributed by atoms with van der Waals surface area (Å²) >= 11 is 0. The monoisotopic (exact) mass is 729 g/mol. The average Bonchev–Trinajstić information content (AvgIpc) is 3.37. The number of unbranched alkanes of at least 4 members (excludes halogenated alkanes) is 3. The lowest BCUT2D eigenvalue weighted by molar-refractivity contribution is -0.140. The van der Waals surface area contributed by atoms with E-state index in [4.69, 9.17) is 25.3 Å². The van der Waals surface area contributed by atoms with E-state index in [2.05, 4.69) is 15.3 Å². The van der Waals surface area contributed by atoms with E-state index in [1.165, 1.54) is 0 Å². The van der Waals surface area contributed by atoms with Crippen LogP contribution in [-0.2, 0) is 25.7 Å². The summed E-state index contributed by atoms with van der Waals surface area (Å²) in [6.45, 7) is 7.49. The number of likely N-dealkylation sites (tertiary alicyclic amines) is 2. The molecular formula is C39H51N7O7. The Morgan fingerprint density at radius 3 is 2.60 bits per heavy atom. The number of nitrogens with one attached hydrogen (secondary N) is 1. The predicted octanol–water partition coefficient (Wildman–Crippen LogP) is 4.29. The van der Waals surface area contributed by atoms with Crippen molar-refractivity contribution in [3.63, 3.8) is 0 Å². The Labute approximate surface area is 309 Å². The van der Waals surface area contributed by atoms with Gasteiger partial charge in [-0.05, 0) is 88.1 Å². The second-order valence-electron chi connectivity index (χ2n) is 15.5. The third-order valence-electron chi connectivity index (χ3n) is 10.4. The summed E-state index contributed by atoms with van der Waals surface area (Å²) in [6, 6.07) is 8.02. The van der Waals surface area contributed by atoms with Crippen LogP contribution in [-0.4, -0.2) is 98.0 Å². The fraction of sp³-hybridized carbons (Fsp3) is 0.538. The number of primary amides is 1. The maximum Gasteiger partial charge on any atom is 0.408 e. The van der Waals surface area contributed by atoms with Crippen LogP contribution in [0.25, 0.3) is 16.7 Å². The van der Waals surface area contributed by atoms with E-state index in [-0.39, 0.29) is 29.6 Å². The van der Waals surface area contributed by atoms with Gasteiger partial charge in [0.05, 0.1) is 18.5 Å². The van der Waals surface area contributed by atoms with Crippen molar-refractivity contribution in [3.8, 4) is 11.6 Å². The molecule has 0 spiro atoms. The summed E-state index contributed by atoms with van der Waals surface area (Å²) in [5, 5.41) is 17.3. The molecule has 1 saturated carbocycles. The normalized spacial score (nSPS) is 23.2. The Bertz CT molecular complexity index is 1840. The molecule has 3 aromatic rings. The zero-order valence-corrected chi connectivity index (χ0v) is 30.9. The van der Waals surface area contributed by atoms with Crippen molar-refractivity contribution in [2.45, 2.75) is 83.5 Å². The van der Waals surface area contributed by atoms with Crippen molar-refractivity contribution in [2.75, 3.05) is 26.7 Å². The SMILES string of the molecule is COc1ccc2c(CN3C[C@H]4CN(C(=O)[C@@H](CCCCC/C=C\[C@@H]5CC5C(=O)O)NC(=O)OC(C)(C)C)[C@H](C(N)=O)[C@H]4C3)cc(-n3cccn3)nc2c1. The second-order valence-corrected chi connectivity index (χ2v) is 15.5. The first-order valence-corrected chi connectivity index (χ1v) is 18.5. The smallest absolute Gasteiger partial charge is 0.408 e. The molecule has 3 amide bonds. The summed E-state index contributed by atoms with van der Waals surface area (Å²) in [4.78, 5) is 59.9. The number of alkyl carbamates (subject to hydrolysis) is 1. The molecule has 6 rings (SSSR count). The summed E-state index contributed by atoms with van der Waals surface area (Å²) in [5.41, 5.74) is 7.12. The molecular weight excluding hydrogens is 678 g/mol. The van der Waals surface area contributed by atoms with E-state index in [0.717, 1.165) is 35.7 Å². The number of carbonyl (C=O) groups is 4. The van der Waals surface area contributed by atoms with Gasteiger partial charge in [-0.25, -0.2) is 14.5 Å². The fourth-order valence-electron chi connectivity index (χ4n) is 7.82. The number of nitrogens with two attached hydrogens (primary N) is 1. The number of amides is 3. The lowest BCUT2D eigenvalue weighted by atomic mass is 9.94. The van der Waals surface area contributed by atoms with Crippen LogP contribution in [0.4, 0.5) is 4.79 Å². The van der Waals surface area contributed by atoms with E-state index in [1.54, 1.807) is 43.7 Å². The lowest BCUT2D eigenvalue weighted by Crippen LogP contribution is -2.55. The molecule has 3 fully saturated rings. The number of benzene rings is 1. The molecule has 284 valence electrons. The number of hydrogen-bond donors (Lipinski definition) is 3. The molecule has 53 heavy (non-hydrogen) atoms. The highest BCUT2D eigenvalue weighted by atomic mass is 16.6. The van der Waals surface area contributed by atoms with Crippen LogP contribution in [0.15, 0.2) is 54.9 Å². The number of carboxylic acids is 1. The summed E-state index contributed by atoms with van der Waals surface area (Å²) < 4.78 is 12.7. The van der Waals surface area contributed by atoms with E-state index in [1.807, 2.05) is 48.7 Å². The fourth-order valence-corrected chi connectivity index (χ4v) is 7.82. The molecule has 6 atom stereocenters. The van der Waals surface area contributed by atoms with Gasteiger partial charge in [-0.2, -0.15) is 5.10 Å². The molecule has 14 nitrogen and oxygen atoms in total. The summed E-state index contributed by atoms with van der Waals surface area (Å²) in [6.07, 6.45) is 11.1. The molecule has 1 aromatic carbocycles. The van der Waals surface area contributed by atoms with Crippen molar-refractivity contribution in [2.24, 2.45) is 29.4 Å². The number of carbonyl (C=O) groups excluding carboxylic acids is 3. The van der Waals surface area contributed by atoms with E-state index in [0.29, 0.717) is 57.0 Å². The molecule has 2 aliphatic heterocycles. The Morgan fingerprint density at radius 1 is 1.11 bits per heavy atom. The van der Waals surface area contributed by atoms with Crippen LogP contribution in [0, 0.1) is 23.7 Å². The van der Waals surface area contributed by atoms with Gasteiger partial charge in [-0.15, -0.1) is 0 Å². The number of fused-ring (bicyclic) bond motifs is 2. The van der Waals surface area contributed by atoms with Crippen molar-refractivity contribution < 1.29 is 33.8 Å². The molecule has 4 heterocycles. The van der Waals surface area contributed by atoms with Gasteiger partial charge in [0.15, 0.2) is 5.82 Å². The number of aromatic nitrogens is 3. The predicted molar refractivity (Wildman–Crippen MR) is 197 cm³/mol. The topological polar surface area (TPSA) is 182 Å². The number of hydrogen-bond acceptors (Lipinski definition) is 9. The van der Waals surface area contributed by atoms with Gasteiger partial charge in [0.1, 0.15) is 23.4 Å². The Hall–Kier alpha value is -4.98. The molecule has 3 aliphatic rings. The number of nitrogens with zero attached hydrogens (tertiary/aromatic N) is 5. The zero-order chi connectivity index (χ0) is 37.9. The Balaban J connectivity index is 1.12. The number of ether oxygens (including phenoxy) is 2. The third kappa shape index (κ3) is 9.16. The van der Waals surface area contributed by atoms with E-state index in [9.17, 15) is 19.2 Å². The maximum atomic E-state index is 14.2. The van der Waals surface area contributed by atoms with Gasteiger partial charge in [0, 0.05) is 55.9 Å². The number of carboxylic acid groups (broad SMARTS) is 1. The highest BCUT2D eigenvalue weighted by Crippen LogP contribution is 2.40. The molecule has 0 radical (unpaired) electrons. The number of allylic oxidation sites excluding steroid dienone is 2. The van der Waals surface area contributed by atoms with Crippen LogP contribution in [0.1, 0.15) is 64.9 Å². The van der Waals surface area contributed by atoms with Gasteiger partial charge in [-0.1, -0.05) is 25.0 Å². The van der Waals surface area contributed by atoms with Gasteiger partial charge < -0.3 is 30.5 Å². The minimum atomic E-state index is -0.874. The average molecular weight is 730 g/mol. The minimum Gasteiger partial charge on any atom is -0.497 e. The van der Waals surface area contributed by atoms with Crippen molar-refractivity contribution >= 4 is 34.8 Å². The molecule has 4 N–H and O–H groups in total. The van der Waals surface area contributed by atoms with Gasteiger partial charge in [0.2, 0.25) is 11.8 Å². The van der Waals surface area contributed by atoms with Gasteiger partial charge >= 0.3 is 12.1 Å². The van der Waals surface area contributed by atoms with Crippen LogP contribution < -0.4 is 15.8 Å². The first kappa shape index (κ1) is 37.8. The Kier molecular flexibility index (Phi) is 11.4. The number of rotatable bonds is 15. The highest BCUT2D eigenvalue weighted by molar-refractivity contribution is 5.92. The molecule has 0 bridgehead atoms. The van der Waals surface area contributed by atoms with Crippen LogP contribution >= 0.6 is 0 Å². The molecule has 1 unspecified atom stereocenters. The Morgan fingerprint density at radius 2 is 1.92 bits per heavy atom. The van der Waals surface area contributed by atoms with Gasteiger partial charge in [0.25, 0.3) is 0 Å². The summed E-state index contributed by atoms with van der Waals surface area (Å²) in [5.74, 6) is -0.509. The molecule has 14 heteroatoms. The van der Waals surface area contributed by atoms with E-state index < -0.39 is 35.7 Å². The third-order valence-corrected chi connectivity index (χ3v) is 10.4. The van der Waals surface area contributed by atoms with Crippen molar-refractivity contribution in [1.29, 1.82) is 0 Å². The minimum absolute atomic E-state index is 0.0244. The zero-order valence-electron chi connectivity index (χ0n) is 30.9. The van der Waals surface area contributed by atoms with Crippen molar-refractivity contribution in [3.05, 3.63) is 60.4 Å². The van der Waals surface area contributed by atoms with Crippen molar-refractivity contribution in [1.82, 2.24) is 29.9 Å². The molecule has 2 saturated heterocycles. The molecule has 2 aromatic heterocycles. The standard InChI is InChI=1S/C39H51N7O7/c1-39(2,3)53-38(51)43-31(12-9-7-5-6-8-11-24-17-29(24)37(49)50)36(48)45-22-26-21-44(23-30(26)34(45)35(40)47)20-25-18-33(46-16-10-15-41-46)42-32-19-27(52-4)13-14-28(25)32/h8,10-11,13-16,18-19,24,26,29-31,34H,5-7,9,12,17,20-23H2,1-4H3,(H2,40,47)(H,43,51)(H,49,50)/b11-8-/t24-,26+,29?,30+,31-,34+/m1/s1. The number of methoxy groups -OCH3 is 1. The van der Waals surface area contributed by atoms with Crippen LogP contribution in [0.2, 0.25) is 0 Å². The van der Waals surface area contributed by atoms with Gasteiger partial charge in [-0.3, -0.25) is 19.3 Å². The number of aliphatic carboxylic acids is 1. The second kappa shape index (κ2) is 15.9. The van der Waals surface area contributed by atoms with Crippen LogP contribution in [0.5, 0.6) is 5.75 Å². The highest BCUT2D eigenvalue weighted by Gasteiger charge is 2.52. The largest absolute Gasteiger partial charge is 0.497 e. The van der Waals surface area contributed by atoms with E-state index >= 15 is 0 Å². The first-order chi connectivity index (χ1) is 25.3. The maximum absolute atomic E-state index is 14.2. The van der Waals surface area contributed by atoms with Crippen LogP contribution in [0.3, 0.4) is 0 Å². The lowest BCUT2D eigenvalue weighted by Gasteiger charge is -2.31. The molecule has 1 aliphatic carbocycles. The first-order valence-electron chi connectivity index (χ1n) is 18.5. The quantitative estimate of drug-likeness (QED) is 0.151. The number of pyridine rings is 1.